The fraction of sp³-hybridized carbons (Fsp3) is 0.552. The molecule has 5 heteroatoms. The molecule has 0 bridgehead atoms. The van der Waals surface area contributed by atoms with Crippen LogP contribution in [0.5, 0.6) is 0 Å². The van der Waals surface area contributed by atoms with Crippen LogP contribution in [-0.4, -0.2) is 30.6 Å². The first-order valence-electron chi connectivity index (χ1n) is 12.4. The molecule has 0 saturated carbocycles. The highest BCUT2D eigenvalue weighted by molar-refractivity contribution is 5.89. The molecule has 1 rings (SSSR count). The Bertz CT molecular complexity index is 819. The standard InChI is InChI=1S/C29H44N2O3/c1-8-10-21(4)13-14-22(5)25-12-9-11-24(7)30-19-29(34)31-18-23(6)27(32)17-26(15-20(2)3)28(33)16-25/h8-11,13-14,20,22-23,25-26,30H,4,7,12,15-19H2,1-3,5-6H3,(H,31,34)/b10-8-,11-9+,14-13+/t22?,23?,25-,26?/m1/s1. The Kier molecular flexibility index (Phi) is 13.2. The maximum Gasteiger partial charge on any atom is 0.239 e. The molecular weight excluding hydrogens is 424 g/mol. The van der Waals surface area contributed by atoms with Gasteiger partial charge >= 0.3 is 0 Å². The van der Waals surface area contributed by atoms with Crippen molar-refractivity contribution in [2.24, 2.45) is 29.6 Å². The summed E-state index contributed by atoms with van der Waals surface area (Å²) < 4.78 is 0. The summed E-state index contributed by atoms with van der Waals surface area (Å²) in [4.78, 5) is 38.4. The summed E-state index contributed by atoms with van der Waals surface area (Å²) in [6.07, 6.45) is 13.9. The molecule has 0 aromatic rings. The molecule has 4 atom stereocenters. The highest BCUT2D eigenvalue weighted by Gasteiger charge is 2.28. The van der Waals surface area contributed by atoms with E-state index >= 15 is 0 Å². The molecule has 1 aliphatic rings. The molecular formula is C29H44N2O3. The highest BCUT2D eigenvalue weighted by atomic mass is 16.2. The van der Waals surface area contributed by atoms with Crippen molar-refractivity contribution in [1.82, 2.24) is 10.6 Å². The fourth-order valence-corrected chi connectivity index (χ4v) is 4.03. The molecule has 1 aliphatic heterocycles. The van der Waals surface area contributed by atoms with E-state index in [-0.39, 0.29) is 60.7 Å². The average molecular weight is 469 g/mol. The minimum Gasteiger partial charge on any atom is -0.377 e. The predicted molar refractivity (Wildman–Crippen MR) is 141 cm³/mol. The van der Waals surface area contributed by atoms with Crippen LogP contribution in [0.1, 0.15) is 60.3 Å². The molecule has 34 heavy (non-hydrogen) atoms. The summed E-state index contributed by atoms with van der Waals surface area (Å²) in [5.74, 6) is -0.0938. The van der Waals surface area contributed by atoms with Crippen LogP contribution in [0.2, 0.25) is 0 Å². The molecule has 1 amide bonds. The van der Waals surface area contributed by atoms with Crippen molar-refractivity contribution >= 4 is 17.5 Å². The van der Waals surface area contributed by atoms with E-state index in [1.54, 1.807) is 0 Å². The Hall–Kier alpha value is -2.69. The summed E-state index contributed by atoms with van der Waals surface area (Å²) in [6.45, 7) is 18.4. The van der Waals surface area contributed by atoms with Crippen molar-refractivity contribution in [3.63, 3.8) is 0 Å². The lowest BCUT2D eigenvalue weighted by Crippen LogP contribution is -2.38. The number of Topliss-reactive ketones (excluding diaryl/α,β-unsaturated/α-hetero) is 2. The fourth-order valence-electron chi connectivity index (χ4n) is 4.03. The molecule has 0 aromatic heterocycles. The van der Waals surface area contributed by atoms with Crippen LogP contribution >= 0.6 is 0 Å². The summed E-state index contributed by atoms with van der Waals surface area (Å²) in [7, 11) is 0. The van der Waals surface area contributed by atoms with Gasteiger partial charge in [-0.15, -0.1) is 0 Å². The van der Waals surface area contributed by atoms with Gasteiger partial charge in [0, 0.05) is 36.9 Å². The smallest absolute Gasteiger partial charge is 0.239 e. The lowest BCUT2D eigenvalue weighted by molar-refractivity contribution is -0.131. The molecule has 0 spiro atoms. The van der Waals surface area contributed by atoms with E-state index in [2.05, 4.69) is 50.6 Å². The van der Waals surface area contributed by atoms with E-state index in [1.807, 2.05) is 44.2 Å². The van der Waals surface area contributed by atoms with E-state index in [4.69, 9.17) is 0 Å². The van der Waals surface area contributed by atoms with Crippen molar-refractivity contribution < 1.29 is 14.4 Å². The van der Waals surface area contributed by atoms with Gasteiger partial charge in [-0.1, -0.05) is 71.2 Å². The Morgan fingerprint density at radius 2 is 1.82 bits per heavy atom. The lowest BCUT2D eigenvalue weighted by Gasteiger charge is -2.25. The van der Waals surface area contributed by atoms with Gasteiger partial charge in [-0.05, 0) is 49.2 Å². The minimum atomic E-state index is -0.335. The number of amides is 1. The lowest BCUT2D eigenvalue weighted by atomic mass is 9.79. The number of rotatable bonds is 6. The molecule has 0 saturated heterocycles. The summed E-state index contributed by atoms with van der Waals surface area (Å²) >= 11 is 0. The number of nitrogens with one attached hydrogen (secondary N) is 2. The quantitative estimate of drug-likeness (QED) is 0.517. The second-order valence-corrected chi connectivity index (χ2v) is 9.94. The number of carbonyl (C=O) groups excluding carboxylic acids is 3. The van der Waals surface area contributed by atoms with Crippen molar-refractivity contribution in [2.75, 3.05) is 13.1 Å². The van der Waals surface area contributed by atoms with Crippen LogP contribution < -0.4 is 10.6 Å². The van der Waals surface area contributed by atoms with E-state index in [0.29, 0.717) is 30.9 Å². The number of ketones is 2. The number of hydrogen-bond donors (Lipinski definition) is 2. The van der Waals surface area contributed by atoms with Gasteiger partial charge in [0.15, 0.2) is 0 Å². The molecule has 1 heterocycles. The van der Waals surface area contributed by atoms with Gasteiger partial charge in [0.25, 0.3) is 0 Å². The van der Waals surface area contributed by atoms with Gasteiger partial charge in [0.2, 0.25) is 5.91 Å². The highest BCUT2D eigenvalue weighted by Crippen LogP contribution is 2.28. The number of hydrogen-bond acceptors (Lipinski definition) is 4. The van der Waals surface area contributed by atoms with Crippen molar-refractivity contribution in [3.8, 4) is 0 Å². The monoisotopic (exact) mass is 468 g/mol. The van der Waals surface area contributed by atoms with Crippen molar-refractivity contribution in [2.45, 2.75) is 60.3 Å². The molecule has 0 radical (unpaired) electrons. The third kappa shape index (κ3) is 11.4. The van der Waals surface area contributed by atoms with Gasteiger partial charge in [-0.2, -0.15) is 0 Å². The van der Waals surface area contributed by atoms with Gasteiger partial charge in [-0.25, -0.2) is 0 Å². The summed E-state index contributed by atoms with van der Waals surface area (Å²) in [5, 5.41) is 5.79. The average Bonchev–Trinajstić information content (AvgIpc) is 2.77. The van der Waals surface area contributed by atoms with Gasteiger partial charge in [0.1, 0.15) is 11.6 Å². The zero-order valence-electron chi connectivity index (χ0n) is 21.7. The molecule has 0 aromatic carbocycles. The maximum absolute atomic E-state index is 13.4. The largest absolute Gasteiger partial charge is 0.377 e. The van der Waals surface area contributed by atoms with Crippen LogP contribution in [-0.2, 0) is 14.4 Å². The molecule has 188 valence electrons. The SMILES string of the molecule is C=C(/C=C\C)/C=C/C(C)[C@@H]1C/C=C/C(=C)NCC(=O)NCC(C)C(=O)CC(CC(C)C)C(=O)C1. The first-order chi connectivity index (χ1) is 16.0. The first kappa shape index (κ1) is 29.3. The molecule has 5 nitrogen and oxygen atoms in total. The van der Waals surface area contributed by atoms with Crippen LogP contribution in [0.15, 0.2) is 60.9 Å². The maximum atomic E-state index is 13.4. The van der Waals surface area contributed by atoms with Gasteiger partial charge in [-0.3, -0.25) is 14.4 Å². The van der Waals surface area contributed by atoms with Gasteiger partial charge < -0.3 is 10.6 Å². The number of carbonyl (C=O) groups is 3. The van der Waals surface area contributed by atoms with E-state index in [1.165, 1.54) is 0 Å². The Morgan fingerprint density at radius 1 is 1.12 bits per heavy atom. The second-order valence-electron chi connectivity index (χ2n) is 9.94. The summed E-state index contributed by atoms with van der Waals surface area (Å²) in [6, 6.07) is 0. The Balaban J connectivity index is 3.19. The van der Waals surface area contributed by atoms with Crippen molar-refractivity contribution in [1.29, 1.82) is 0 Å². The van der Waals surface area contributed by atoms with E-state index in [0.717, 1.165) is 5.57 Å². The summed E-state index contributed by atoms with van der Waals surface area (Å²) in [5.41, 5.74) is 1.55. The normalized spacial score (nSPS) is 26.0. The molecule has 0 aliphatic carbocycles. The number of allylic oxidation sites excluding steroid dienone is 7. The molecule has 3 unspecified atom stereocenters. The van der Waals surface area contributed by atoms with Crippen LogP contribution in [0.3, 0.4) is 0 Å². The molecule has 0 fully saturated rings. The van der Waals surface area contributed by atoms with E-state index < -0.39 is 0 Å². The topological polar surface area (TPSA) is 75.3 Å². The van der Waals surface area contributed by atoms with Crippen LogP contribution in [0, 0.1) is 29.6 Å². The predicted octanol–water partition coefficient (Wildman–Crippen LogP) is 5.32. The minimum absolute atomic E-state index is 0.0239. The van der Waals surface area contributed by atoms with Crippen molar-refractivity contribution in [3.05, 3.63) is 60.9 Å². The second kappa shape index (κ2) is 15.3. The van der Waals surface area contributed by atoms with Gasteiger partial charge in [0.05, 0.1) is 6.54 Å². The zero-order valence-corrected chi connectivity index (χ0v) is 21.7. The van der Waals surface area contributed by atoms with Crippen LogP contribution in [0.25, 0.3) is 0 Å². The third-order valence-corrected chi connectivity index (χ3v) is 6.25. The molecule has 2 N–H and O–H groups in total. The Morgan fingerprint density at radius 3 is 2.47 bits per heavy atom. The Labute approximate surface area is 206 Å². The van der Waals surface area contributed by atoms with E-state index in [9.17, 15) is 14.4 Å². The van der Waals surface area contributed by atoms with Crippen LogP contribution in [0.4, 0.5) is 0 Å². The zero-order chi connectivity index (χ0) is 25.7. The third-order valence-electron chi connectivity index (χ3n) is 6.25. The first-order valence-corrected chi connectivity index (χ1v) is 12.4.